The second-order valence-corrected chi connectivity index (χ2v) is 3.90. The average molecular weight is 229 g/mol. The Hall–Kier alpha value is -1.56. The number of aromatic nitrogens is 1. The Morgan fingerprint density at radius 3 is 2.67 bits per heavy atom. The summed E-state index contributed by atoms with van der Waals surface area (Å²) in [6.07, 6.45) is 0. The van der Waals surface area contributed by atoms with Crippen molar-refractivity contribution >= 4 is 27.5 Å². The number of carbonyl (C=O) groups is 1. The van der Waals surface area contributed by atoms with Crippen molar-refractivity contribution in [2.24, 2.45) is 0 Å². The van der Waals surface area contributed by atoms with E-state index in [-0.39, 0.29) is 0 Å². The summed E-state index contributed by atoms with van der Waals surface area (Å²) in [4.78, 5) is 13.9. The summed E-state index contributed by atoms with van der Waals surface area (Å²) < 4.78 is 26.7. The van der Waals surface area contributed by atoms with Crippen molar-refractivity contribution in [2.45, 2.75) is 5.92 Å². The number of carboxylic acid groups (broad SMARTS) is 1. The first-order valence-corrected chi connectivity index (χ1v) is 4.81. The largest absolute Gasteiger partial charge is 0.476 e. The molecule has 1 aromatic heterocycles. The summed E-state index contributed by atoms with van der Waals surface area (Å²) in [5.74, 6) is -6.09. The fraction of sp³-hybridized carbons (Fsp3) is 0.111. The van der Waals surface area contributed by atoms with Gasteiger partial charge in [0.1, 0.15) is 0 Å². The molecule has 3 nitrogen and oxygen atoms in total. The van der Waals surface area contributed by atoms with Gasteiger partial charge < -0.3 is 5.11 Å². The predicted octanol–water partition coefficient (Wildman–Crippen LogP) is 2.47. The van der Waals surface area contributed by atoms with Gasteiger partial charge in [0.15, 0.2) is 5.01 Å². The second kappa shape index (κ2) is 3.23. The summed E-state index contributed by atoms with van der Waals surface area (Å²) in [6, 6.07) is 6.52. The van der Waals surface area contributed by atoms with Crippen LogP contribution in [0.5, 0.6) is 0 Å². The Labute approximate surface area is 87.0 Å². The van der Waals surface area contributed by atoms with E-state index < -0.39 is 16.9 Å². The molecule has 0 unspecified atom stereocenters. The molecule has 0 fully saturated rings. The van der Waals surface area contributed by atoms with Crippen LogP contribution in [0.2, 0.25) is 0 Å². The Bertz CT molecular complexity index is 491. The van der Waals surface area contributed by atoms with Gasteiger partial charge in [-0.2, -0.15) is 8.78 Å². The third-order valence-electron chi connectivity index (χ3n) is 1.83. The summed E-state index contributed by atoms with van der Waals surface area (Å²) in [5, 5.41) is 7.65. The molecule has 0 aliphatic carbocycles. The highest BCUT2D eigenvalue weighted by Crippen LogP contribution is 2.34. The molecule has 0 saturated heterocycles. The molecule has 1 aromatic carbocycles. The standard InChI is InChI=1S/C9H5F2NO2S/c10-9(11,8(13)14)7-12-5-3-1-2-4-6(5)15-7/h1-4H,(H,13,14). The van der Waals surface area contributed by atoms with Gasteiger partial charge in [-0.15, -0.1) is 11.3 Å². The van der Waals surface area contributed by atoms with Gasteiger partial charge in [0.2, 0.25) is 0 Å². The first-order valence-electron chi connectivity index (χ1n) is 3.99. The van der Waals surface area contributed by atoms with E-state index >= 15 is 0 Å². The lowest BCUT2D eigenvalue weighted by Crippen LogP contribution is -2.24. The number of hydrogen-bond acceptors (Lipinski definition) is 3. The van der Waals surface area contributed by atoms with Crippen LogP contribution in [-0.4, -0.2) is 16.1 Å². The Morgan fingerprint density at radius 1 is 1.40 bits per heavy atom. The normalized spacial score (nSPS) is 11.9. The minimum atomic E-state index is -3.91. The number of halogens is 2. The summed E-state index contributed by atoms with van der Waals surface area (Å²) in [5.41, 5.74) is 0.387. The third kappa shape index (κ3) is 1.56. The topological polar surface area (TPSA) is 50.2 Å². The van der Waals surface area contributed by atoms with Gasteiger partial charge in [-0.1, -0.05) is 12.1 Å². The van der Waals surface area contributed by atoms with E-state index in [1.165, 1.54) is 0 Å². The van der Waals surface area contributed by atoms with Crippen LogP contribution in [0, 0.1) is 0 Å². The van der Waals surface area contributed by atoms with Gasteiger partial charge in [-0.25, -0.2) is 9.78 Å². The van der Waals surface area contributed by atoms with Gasteiger partial charge in [0.05, 0.1) is 10.2 Å². The molecule has 0 aliphatic heterocycles. The lowest BCUT2D eigenvalue weighted by Gasteiger charge is -2.05. The quantitative estimate of drug-likeness (QED) is 0.860. The van der Waals surface area contributed by atoms with E-state index in [0.717, 1.165) is 0 Å². The maximum Gasteiger partial charge on any atom is 0.393 e. The molecule has 78 valence electrons. The van der Waals surface area contributed by atoms with Gasteiger partial charge in [0.25, 0.3) is 0 Å². The zero-order valence-corrected chi connectivity index (χ0v) is 8.09. The van der Waals surface area contributed by atoms with E-state index in [0.29, 0.717) is 21.6 Å². The fourth-order valence-electron chi connectivity index (χ4n) is 1.10. The number of alkyl halides is 2. The minimum Gasteiger partial charge on any atom is -0.476 e. The van der Waals surface area contributed by atoms with E-state index in [4.69, 9.17) is 5.11 Å². The lowest BCUT2D eigenvalue weighted by molar-refractivity contribution is -0.166. The highest BCUT2D eigenvalue weighted by Gasteiger charge is 2.44. The molecule has 0 amide bonds. The molecular formula is C9H5F2NO2S. The van der Waals surface area contributed by atoms with Crippen LogP contribution in [-0.2, 0) is 10.7 Å². The molecule has 0 spiro atoms. The average Bonchev–Trinajstić information content (AvgIpc) is 2.61. The van der Waals surface area contributed by atoms with Crippen LogP contribution >= 0.6 is 11.3 Å². The SMILES string of the molecule is O=C(O)C(F)(F)c1nc2ccccc2s1. The first-order chi connectivity index (χ1) is 7.01. The van der Waals surface area contributed by atoms with Crippen molar-refractivity contribution in [3.8, 4) is 0 Å². The summed E-state index contributed by atoms with van der Waals surface area (Å²) in [7, 11) is 0. The molecule has 0 bridgehead atoms. The van der Waals surface area contributed by atoms with Crippen molar-refractivity contribution in [1.82, 2.24) is 4.98 Å². The minimum absolute atomic E-state index is 0.387. The smallest absolute Gasteiger partial charge is 0.393 e. The Morgan fingerprint density at radius 2 is 2.07 bits per heavy atom. The van der Waals surface area contributed by atoms with Crippen molar-refractivity contribution in [2.75, 3.05) is 0 Å². The molecule has 1 N–H and O–H groups in total. The summed E-state index contributed by atoms with van der Waals surface area (Å²) in [6.45, 7) is 0. The van der Waals surface area contributed by atoms with Crippen LogP contribution in [0.25, 0.3) is 10.2 Å². The Kier molecular flexibility index (Phi) is 2.15. The van der Waals surface area contributed by atoms with E-state index in [2.05, 4.69) is 4.98 Å². The second-order valence-electron chi connectivity index (χ2n) is 2.87. The lowest BCUT2D eigenvalue weighted by atomic mass is 10.3. The molecule has 0 atom stereocenters. The van der Waals surface area contributed by atoms with Crippen molar-refractivity contribution in [1.29, 1.82) is 0 Å². The molecule has 6 heteroatoms. The number of fused-ring (bicyclic) bond motifs is 1. The van der Waals surface area contributed by atoms with Crippen LogP contribution in [0.15, 0.2) is 24.3 Å². The maximum absolute atomic E-state index is 13.1. The molecule has 2 rings (SSSR count). The molecule has 0 aliphatic rings. The number of rotatable bonds is 2. The third-order valence-corrected chi connectivity index (χ3v) is 2.94. The molecule has 2 aromatic rings. The number of thiazole rings is 1. The highest BCUT2D eigenvalue weighted by molar-refractivity contribution is 7.18. The molecule has 0 saturated carbocycles. The molecule has 15 heavy (non-hydrogen) atoms. The molecular weight excluding hydrogens is 224 g/mol. The van der Waals surface area contributed by atoms with E-state index in [1.807, 2.05) is 0 Å². The number of carboxylic acids is 1. The predicted molar refractivity (Wildman–Crippen MR) is 51.1 cm³/mol. The van der Waals surface area contributed by atoms with Gasteiger partial charge in [-0.3, -0.25) is 0 Å². The number of nitrogens with zero attached hydrogens (tertiary/aromatic N) is 1. The number of para-hydroxylation sites is 1. The van der Waals surface area contributed by atoms with Gasteiger partial charge >= 0.3 is 11.9 Å². The fourth-order valence-corrected chi connectivity index (χ4v) is 2.03. The monoisotopic (exact) mass is 229 g/mol. The number of aliphatic carboxylic acids is 1. The summed E-state index contributed by atoms with van der Waals surface area (Å²) >= 11 is 0.691. The molecule has 0 radical (unpaired) electrons. The van der Waals surface area contributed by atoms with Gasteiger partial charge in [-0.05, 0) is 12.1 Å². The van der Waals surface area contributed by atoms with Gasteiger partial charge in [0, 0.05) is 0 Å². The van der Waals surface area contributed by atoms with Crippen molar-refractivity contribution < 1.29 is 18.7 Å². The zero-order chi connectivity index (χ0) is 11.1. The van der Waals surface area contributed by atoms with E-state index in [9.17, 15) is 13.6 Å². The van der Waals surface area contributed by atoms with Crippen LogP contribution < -0.4 is 0 Å². The number of benzene rings is 1. The van der Waals surface area contributed by atoms with Crippen LogP contribution in [0.1, 0.15) is 5.01 Å². The first kappa shape index (κ1) is 9.97. The number of hydrogen-bond donors (Lipinski definition) is 1. The van der Waals surface area contributed by atoms with E-state index in [1.54, 1.807) is 24.3 Å². The van der Waals surface area contributed by atoms with Crippen molar-refractivity contribution in [3.63, 3.8) is 0 Å². The highest BCUT2D eigenvalue weighted by atomic mass is 32.1. The van der Waals surface area contributed by atoms with Crippen LogP contribution in [0.3, 0.4) is 0 Å². The molecule has 1 heterocycles. The zero-order valence-electron chi connectivity index (χ0n) is 7.28. The van der Waals surface area contributed by atoms with Crippen molar-refractivity contribution in [3.05, 3.63) is 29.3 Å². The maximum atomic E-state index is 13.1. The Balaban J connectivity index is 2.58. The van der Waals surface area contributed by atoms with Crippen LogP contribution in [0.4, 0.5) is 8.78 Å².